The number of rotatable bonds is 2. The number of nitrogens with zero attached hydrogens (tertiary/aromatic N) is 1. The molecular formula is C11H7ClKNO2S. The van der Waals surface area contributed by atoms with E-state index in [1.807, 2.05) is 0 Å². The molecule has 0 unspecified atom stereocenters. The number of carbonyl (C=O) groups excluding carboxylic acids is 1. The average molecular weight is 292 g/mol. The zero-order valence-electron chi connectivity index (χ0n) is 9.36. The third-order valence-electron chi connectivity index (χ3n) is 2.05. The number of benzene rings is 1. The molecule has 0 aliphatic carbocycles. The average Bonchev–Trinajstić information content (AvgIpc) is 2.61. The molecule has 0 radical (unpaired) electrons. The monoisotopic (exact) mass is 291 g/mol. The van der Waals surface area contributed by atoms with Gasteiger partial charge in [0.1, 0.15) is 5.69 Å². The Balaban J connectivity index is 0.00000144. The van der Waals surface area contributed by atoms with Crippen LogP contribution in [0.2, 0.25) is 5.02 Å². The minimum absolute atomic E-state index is 0. The van der Waals surface area contributed by atoms with E-state index in [0.717, 1.165) is 0 Å². The van der Waals surface area contributed by atoms with Crippen molar-refractivity contribution in [2.45, 2.75) is 6.92 Å². The molecule has 0 aliphatic heterocycles. The summed E-state index contributed by atoms with van der Waals surface area (Å²) in [5, 5.41) is 12.1. The topological polar surface area (TPSA) is 53.0 Å². The molecule has 1 aromatic heterocycles. The number of hydrogen-bond acceptors (Lipinski definition) is 4. The first-order valence-corrected chi connectivity index (χ1v) is 5.72. The number of aryl methyl sites for hydroxylation is 1. The van der Waals surface area contributed by atoms with Gasteiger partial charge in [0.05, 0.1) is 15.9 Å². The number of carboxylic acid groups (broad SMARTS) is 1. The van der Waals surface area contributed by atoms with Gasteiger partial charge in [-0.15, -0.1) is 11.3 Å². The number of aromatic nitrogens is 1. The van der Waals surface area contributed by atoms with E-state index in [1.165, 1.54) is 11.3 Å². The fourth-order valence-electron chi connectivity index (χ4n) is 1.39. The quantitative estimate of drug-likeness (QED) is 0.677. The van der Waals surface area contributed by atoms with Crippen LogP contribution in [0.5, 0.6) is 0 Å². The number of carbonyl (C=O) groups is 1. The van der Waals surface area contributed by atoms with Crippen molar-refractivity contribution in [1.82, 2.24) is 4.98 Å². The van der Waals surface area contributed by atoms with Crippen molar-refractivity contribution in [2.75, 3.05) is 0 Å². The summed E-state index contributed by atoms with van der Waals surface area (Å²) in [5.41, 5.74) is 0.629. The van der Waals surface area contributed by atoms with Gasteiger partial charge in [-0.05, 0) is 13.0 Å². The van der Waals surface area contributed by atoms with Crippen LogP contribution in [0.25, 0.3) is 10.4 Å². The van der Waals surface area contributed by atoms with Gasteiger partial charge >= 0.3 is 51.4 Å². The van der Waals surface area contributed by atoms with Gasteiger partial charge in [-0.2, -0.15) is 0 Å². The van der Waals surface area contributed by atoms with Crippen molar-refractivity contribution < 1.29 is 61.3 Å². The van der Waals surface area contributed by atoms with Crippen molar-refractivity contribution >= 4 is 28.9 Å². The number of aromatic carboxylic acids is 1. The van der Waals surface area contributed by atoms with Crippen LogP contribution in [0.3, 0.4) is 0 Å². The molecule has 1 aromatic carbocycles. The fraction of sp³-hybridized carbons (Fsp3) is 0.0909. The van der Waals surface area contributed by atoms with E-state index in [4.69, 9.17) is 11.6 Å². The summed E-state index contributed by atoms with van der Waals surface area (Å²) < 4.78 is 0. The molecular weight excluding hydrogens is 285 g/mol. The SMILES string of the molecule is Cc1nc(C(=O)[O-])c(-c2ccccc2Cl)s1.[K+]. The fourth-order valence-corrected chi connectivity index (χ4v) is 2.63. The van der Waals surface area contributed by atoms with E-state index in [0.29, 0.717) is 20.5 Å². The summed E-state index contributed by atoms with van der Waals surface area (Å²) in [6, 6.07) is 7.07. The first kappa shape index (κ1) is 15.3. The second kappa shape index (κ2) is 6.42. The standard InChI is InChI=1S/C11H8ClNO2S.K/c1-6-13-9(11(14)15)10(16-6)7-4-2-3-5-8(7)12;/h2-5H,1H3,(H,14,15);/q;+1/p-1. The molecule has 17 heavy (non-hydrogen) atoms. The molecule has 0 spiro atoms. The normalized spacial score (nSPS) is 9.76. The largest absolute Gasteiger partial charge is 1.00 e. The third-order valence-corrected chi connectivity index (χ3v) is 3.38. The van der Waals surface area contributed by atoms with E-state index in [9.17, 15) is 9.90 Å². The minimum Gasteiger partial charge on any atom is -0.543 e. The summed E-state index contributed by atoms with van der Waals surface area (Å²) in [6.07, 6.45) is 0. The number of halogens is 1. The van der Waals surface area contributed by atoms with Crippen molar-refractivity contribution in [1.29, 1.82) is 0 Å². The second-order valence-electron chi connectivity index (χ2n) is 3.18. The minimum atomic E-state index is -1.28. The van der Waals surface area contributed by atoms with Gasteiger partial charge < -0.3 is 9.90 Å². The molecule has 82 valence electrons. The molecule has 2 aromatic rings. The number of carboxylic acids is 1. The summed E-state index contributed by atoms with van der Waals surface area (Å²) >= 11 is 7.30. The maximum atomic E-state index is 10.9. The smallest absolute Gasteiger partial charge is 0.543 e. The van der Waals surface area contributed by atoms with Crippen molar-refractivity contribution in [2.24, 2.45) is 0 Å². The van der Waals surface area contributed by atoms with E-state index >= 15 is 0 Å². The van der Waals surface area contributed by atoms with Gasteiger partial charge in [-0.1, -0.05) is 29.8 Å². The van der Waals surface area contributed by atoms with Crippen LogP contribution < -0.4 is 56.5 Å². The molecule has 2 rings (SSSR count). The molecule has 0 atom stereocenters. The predicted molar refractivity (Wildman–Crippen MR) is 61.6 cm³/mol. The van der Waals surface area contributed by atoms with Gasteiger partial charge in [-0.25, -0.2) is 4.98 Å². The summed E-state index contributed by atoms with van der Waals surface area (Å²) in [5.74, 6) is -1.28. The van der Waals surface area contributed by atoms with Crippen LogP contribution in [0.1, 0.15) is 15.5 Å². The zero-order chi connectivity index (χ0) is 11.7. The Labute approximate surface area is 150 Å². The third kappa shape index (κ3) is 3.38. The molecule has 0 saturated heterocycles. The maximum Gasteiger partial charge on any atom is 1.00 e. The van der Waals surface area contributed by atoms with Gasteiger partial charge in [0.2, 0.25) is 0 Å². The van der Waals surface area contributed by atoms with Crippen LogP contribution in [0.15, 0.2) is 24.3 Å². The van der Waals surface area contributed by atoms with E-state index in [-0.39, 0.29) is 57.1 Å². The van der Waals surface area contributed by atoms with Crippen LogP contribution in [0, 0.1) is 6.92 Å². The van der Waals surface area contributed by atoms with Crippen molar-refractivity contribution in [3.63, 3.8) is 0 Å². The second-order valence-corrected chi connectivity index (χ2v) is 4.79. The Morgan fingerprint density at radius 2 is 2.06 bits per heavy atom. The molecule has 6 heteroatoms. The van der Waals surface area contributed by atoms with Gasteiger partial charge in [0, 0.05) is 10.6 Å². The van der Waals surface area contributed by atoms with Crippen LogP contribution in [0.4, 0.5) is 0 Å². The van der Waals surface area contributed by atoms with Crippen LogP contribution in [-0.2, 0) is 0 Å². The van der Waals surface area contributed by atoms with E-state index < -0.39 is 5.97 Å². The molecule has 3 nitrogen and oxygen atoms in total. The number of hydrogen-bond donors (Lipinski definition) is 0. The molecule has 0 aliphatic rings. The Bertz CT molecular complexity index is 556. The van der Waals surface area contributed by atoms with Crippen molar-refractivity contribution in [3.8, 4) is 10.4 Å². The Kier molecular flexibility index (Phi) is 5.78. The van der Waals surface area contributed by atoms with Crippen molar-refractivity contribution in [3.05, 3.63) is 40.0 Å². The first-order valence-electron chi connectivity index (χ1n) is 4.53. The van der Waals surface area contributed by atoms with Crippen LogP contribution in [-0.4, -0.2) is 11.0 Å². The molecule has 0 saturated carbocycles. The van der Waals surface area contributed by atoms with Gasteiger partial charge in [0.15, 0.2) is 0 Å². The predicted octanol–water partition coefficient (Wildman–Crippen LogP) is -0.861. The molecule has 0 fully saturated rings. The Morgan fingerprint density at radius 1 is 1.41 bits per heavy atom. The zero-order valence-corrected chi connectivity index (χ0v) is 14.1. The number of thiazole rings is 1. The molecule has 0 N–H and O–H groups in total. The molecule has 0 bridgehead atoms. The summed E-state index contributed by atoms with van der Waals surface area (Å²) in [4.78, 5) is 15.4. The van der Waals surface area contributed by atoms with Gasteiger partial charge in [-0.3, -0.25) is 0 Å². The molecule has 1 heterocycles. The summed E-state index contributed by atoms with van der Waals surface area (Å²) in [6.45, 7) is 1.75. The molecule has 0 amide bonds. The van der Waals surface area contributed by atoms with E-state index in [2.05, 4.69) is 4.98 Å². The Morgan fingerprint density at radius 3 is 2.65 bits per heavy atom. The summed E-state index contributed by atoms with van der Waals surface area (Å²) in [7, 11) is 0. The maximum absolute atomic E-state index is 10.9. The Hall–Kier alpha value is 0.246. The van der Waals surface area contributed by atoms with E-state index in [1.54, 1.807) is 31.2 Å². The van der Waals surface area contributed by atoms with Crippen LogP contribution >= 0.6 is 22.9 Å². The first-order chi connectivity index (χ1) is 7.59. The van der Waals surface area contributed by atoms with Gasteiger partial charge in [0.25, 0.3) is 0 Å².